The van der Waals surface area contributed by atoms with Crippen LogP contribution in [0.3, 0.4) is 0 Å². The van der Waals surface area contributed by atoms with Crippen molar-refractivity contribution in [3.63, 3.8) is 0 Å². The molecule has 0 heterocycles. The number of aliphatic hydroxyl groups is 2. The second-order valence-corrected chi connectivity index (χ2v) is 9.57. The number of aliphatic hydroxyl groups excluding tert-OH is 1. The molecule has 3 saturated carbocycles. The summed E-state index contributed by atoms with van der Waals surface area (Å²) in [5, 5.41) is 22.6. The minimum Gasteiger partial charge on any atom is -0.393 e. The van der Waals surface area contributed by atoms with Gasteiger partial charge in [0.2, 0.25) is 0 Å². The Morgan fingerprint density at radius 1 is 1.37 bits per heavy atom. The highest BCUT2D eigenvalue weighted by atomic mass is 32.1. The Morgan fingerprint density at radius 3 is 2.81 bits per heavy atom. The number of ketones is 2. The number of Topliss-reactive ketones (excluding diaryl/α,β-unsaturated/α-hetero) is 1. The second kappa shape index (κ2) is 6.28. The van der Waals surface area contributed by atoms with Crippen molar-refractivity contribution >= 4 is 24.5 Å². The van der Waals surface area contributed by atoms with E-state index in [1.54, 1.807) is 12.2 Å². The van der Waals surface area contributed by atoms with Crippen LogP contribution < -0.4 is 0 Å². The Hall–Kier alpha value is -0.950. The molecule has 7 atom stereocenters. The van der Waals surface area contributed by atoms with Gasteiger partial charge in [-0.1, -0.05) is 25.5 Å². The zero-order valence-electron chi connectivity index (χ0n) is 15.9. The summed E-state index contributed by atoms with van der Waals surface area (Å²) in [6.07, 6.45) is 7.89. The number of rotatable bonds is 3. The number of thiol groups is 1. The van der Waals surface area contributed by atoms with E-state index in [9.17, 15) is 19.8 Å². The summed E-state index contributed by atoms with van der Waals surface area (Å²) in [5.41, 5.74) is -1.40. The third-order valence-corrected chi connectivity index (χ3v) is 8.43. The van der Waals surface area contributed by atoms with E-state index in [1.807, 2.05) is 13.0 Å². The molecule has 4 aliphatic carbocycles. The topological polar surface area (TPSA) is 83.8 Å². The van der Waals surface area contributed by atoms with Crippen molar-refractivity contribution < 1.29 is 24.0 Å². The highest BCUT2D eigenvalue weighted by Gasteiger charge is 2.68. The highest BCUT2D eigenvalue weighted by Crippen LogP contribution is 2.67. The molecule has 7 unspecified atom stereocenters. The Bertz CT molecular complexity index is 745. The van der Waals surface area contributed by atoms with Crippen LogP contribution in [0.15, 0.2) is 23.8 Å². The molecule has 148 valence electrons. The normalized spacial score (nSPS) is 48.5. The minimum atomic E-state index is -1.48. The lowest BCUT2D eigenvalue weighted by molar-refractivity contribution is -0.177. The van der Waals surface area contributed by atoms with Gasteiger partial charge in [0, 0.05) is 16.7 Å². The molecule has 0 aromatic carbocycles. The van der Waals surface area contributed by atoms with Gasteiger partial charge in [-0.05, 0) is 69.0 Å². The third kappa shape index (κ3) is 2.49. The number of carbonyl (C=O) groups excluding carboxylic acids is 2. The van der Waals surface area contributed by atoms with Crippen LogP contribution in [0.25, 0.3) is 0 Å². The molecule has 0 amide bonds. The van der Waals surface area contributed by atoms with E-state index in [0.717, 1.165) is 24.8 Å². The van der Waals surface area contributed by atoms with E-state index in [1.165, 1.54) is 0 Å². The van der Waals surface area contributed by atoms with E-state index < -0.39 is 17.1 Å². The predicted octanol–water partition coefficient (Wildman–Crippen LogP) is 2.43. The van der Waals surface area contributed by atoms with Crippen LogP contribution in [0.4, 0.5) is 0 Å². The molecule has 27 heavy (non-hydrogen) atoms. The second-order valence-electron chi connectivity index (χ2n) is 9.31. The number of fused-ring (bicyclic) bond motifs is 5. The van der Waals surface area contributed by atoms with Gasteiger partial charge in [0.1, 0.15) is 12.2 Å². The Balaban J connectivity index is 1.72. The van der Waals surface area contributed by atoms with Crippen LogP contribution in [0.1, 0.15) is 46.0 Å². The first-order valence-corrected chi connectivity index (χ1v) is 10.2. The van der Waals surface area contributed by atoms with Crippen molar-refractivity contribution in [2.45, 2.75) is 57.7 Å². The van der Waals surface area contributed by atoms with Gasteiger partial charge in [0.25, 0.3) is 0 Å². The average Bonchev–Trinajstić information content (AvgIpc) is 2.87. The predicted molar refractivity (Wildman–Crippen MR) is 103 cm³/mol. The summed E-state index contributed by atoms with van der Waals surface area (Å²) in [6.45, 7) is 3.83. The lowest BCUT2D eigenvalue weighted by Gasteiger charge is -2.59. The third-order valence-electron chi connectivity index (χ3n) is 8.30. The van der Waals surface area contributed by atoms with E-state index in [0.29, 0.717) is 12.8 Å². The molecular weight excluding hydrogens is 364 g/mol. The van der Waals surface area contributed by atoms with Gasteiger partial charge >= 0.3 is 0 Å². The molecule has 3 fully saturated rings. The fourth-order valence-corrected chi connectivity index (χ4v) is 7.08. The Morgan fingerprint density at radius 2 is 2.11 bits per heavy atom. The first-order chi connectivity index (χ1) is 12.7. The van der Waals surface area contributed by atoms with Crippen LogP contribution >= 0.6 is 12.9 Å². The fourth-order valence-electron chi connectivity index (χ4n) is 6.97. The summed E-state index contributed by atoms with van der Waals surface area (Å²) >= 11 is 3.67. The molecule has 4 rings (SSSR count). The van der Waals surface area contributed by atoms with Crippen LogP contribution in [-0.2, 0) is 13.8 Å². The van der Waals surface area contributed by atoms with Crippen molar-refractivity contribution in [1.29, 1.82) is 0 Å². The monoisotopic (exact) mass is 392 g/mol. The summed E-state index contributed by atoms with van der Waals surface area (Å²) in [5.74, 6) is 0.0303. The Labute approximate surface area is 165 Å². The van der Waals surface area contributed by atoms with Gasteiger partial charge in [-0.3, -0.25) is 9.59 Å². The zero-order valence-corrected chi connectivity index (χ0v) is 16.7. The molecule has 2 N–H and O–H groups in total. The maximum absolute atomic E-state index is 12.7. The van der Waals surface area contributed by atoms with Crippen molar-refractivity contribution in [3.8, 4) is 0 Å². The molecule has 0 aromatic rings. The van der Waals surface area contributed by atoms with Crippen LogP contribution in [0.5, 0.6) is 0 Å². The molecule has 0 spiro atoms. The van der Waals surface area contributed by atoms with Crippen LogP contribution in [0.2, 0.25) is 0 Å². The lowest BCUT2D eigenvalue weighted by atomic mass is 9.46. The van der Waals surface area contributed by atoms with E-state index in [-0.39, 0.29) is 41.3 Å². The minimum absolute atomic E-state index is 0.00138. The molecule has 6 heteroatoms. The largest absolute Gasteiger partial charge is 0.393 e. The van der Waals surface area contributed by atoms with Gasteiger partial charge in [-0.2, -0.15) is 0 Å². The van der Waals surface area contributed by atoms with Crippen molar-refractivity contribution in [3.05, 3.63) is 23.8 Å². The number of hydrogen-bond acceptors (Lipinski definition) is 6. The molecule has 5 nitrogen and oxygen atoms in total. The smallest absolute Gasteiger partial charge is 0.191 e. The first kappa shape index (κ1) is 19.4. The standard InChI is InChI=1S/C21H28O5S/c1-19-7-5-13(22)9-12(19)3-4-14-15-6-8-21(25,17(24)11-26-27)20(15,2)10-16(23)18(14)19/h5,7,9,14-16,18,23,25,27H,3-4,6,8,10-11H2,1-2H3. The van der Waals surface area contributed by atoms with Crippen molar-refractivity contribution in [1.82, 2.24) is 0 Å². The molecule has 0 saturated heterocycles. The van der Waals surface area contributed by atoms with Gasteiger partial charge in [-0.25, -0.2) is 0 Å². The van der Waals surface area contributed by atoms with E-state index in [4.69, 9.17) is 4.18 Å². The van der Waals surface area contributed by atoms with Crippen LogP contribution in [-0.4, -0.2) is 40.1 Å². The van der Waals surface area contributed by atoms with E-state index >= 15 is 0 Å². The lowest BCUT2D eigenvalue weighted by Crippen LogP contribution is -2.61. The fraction of sp³-hybridized carbons (Fsp3) is 0.714. The quantitative estimate of drug-likeness (QED) is 0.507. The van der Waals surface area contributed by atoms with E-state index in [2.05, 4.69) is 19.8 Å². The molecular formula is C21H28O5S. The van der Waals surface area contributed by atoms with Crippen molar-refractivity contribution in [2.75, 3.05) is 6.61 Å². The highest BCUT2D eigenvalue weighted by molar-refractivity contribution is 7.75. The molecule has 4 aliphatic rings. The Kier molecular flexibility index (Phi) is 4.50. The summed E-state index contributed by atoms with van der Waals surface area (Å²) in [6, 6.07) is 0. The number of carbonyl (C=O) groups is 2. The van der Waals surface area contributed by atoms with Gasteiger partial charge < -0.3 is 14.4 Å². The summed E-state index contributed by atoms with van der Waals surface area (Å²) in [4.78, 5) is 24.5. The van der Waals surface area contributed by atoms with Gasteiger partial charge in [-0.15, -0.1) is 0 Å². The first-order valence-electron chi connectivity index (χ1n) is 9.82. The summed E-state index contributed by atoms with van der Waals surface area (Å²) < 4.78 is 4.71. The van der Waals surface area contributed by atoms with Gasteiger partial charge in [0.05, 0.1) is 6.10 Å². The SMILES string of the molecule is CC12C=CC(=O)C=C1CCC1C2C(O)CC2(C)C1CCC2(O)C(=O)COS. The van der Waals surface area contributed by atoms with Crippen molar-refractivity contribution in [2.24, 2.45) is 28.6 Å². The maximum Gasteiger partial charge on any atom is 0.191 e. The zero-order chi connectivity index (χ0) is 19.6. The molecule has 0 bridgehead atoms. The molecule has 0 radical (unpaired) electrons. The summed E-state index contributed by atoms with van der Waals surface area (Å²) in [7, 11) is 0. The van der Waals surface area contributed by atoms with Gasteiger partial charge in [0.15, 0.2) is 11.6 Å². The van der Waals surface area contributed by atoms with Crippen LogP contribution in [0, 0.1) is 28.6 Å². The molecule has 0 aliphatic heterocycles. The number of hydrogen-bond donors (Lipinski definition) is 3. The average molecular weight is 393 g/mol. The maximum atomic E-state index is 12.7. The number of allylic oxidation sites excluding steroid dienone is 4. The molecule has 0 aromatic heterocycles.